The quantitative estimate of drug-likeness (QED) is 0.739. The van der Waals surface area contributed by atoms with Crippen LogP contribution in [0.5, 0.6) is 0 Å². The molecule has 0 bridgehead atoms. The second-order valence-electron chi connectivity index (χ2n) is 5.51. The van der Waals surface area contributed by atoms with E-state index < -0.39 is 0 Å². The molecule has 120 valence electrons. The molecular weight excluding hydrogens is 302 g/mol. The van der Waals surface area contributed by atoms with Crippen LogP contribution in [-0.2, 0) is 4.74 Å². The van der Waals surface area contributed by atoms with Crippen LogP contribution in [-0.4, -0.2) is 46.2 Å². The van der Waals surface area contributed by atoms with Crippen LogP contribution in [0.4, 0.5) is 5.82 Å². The van der Waals surface area contributed by atoms with Gasteiger partial charge in [-0.15, -0.1) is 0 Å². The minimum absolute atomic E-state index is 0.702. The smallest absolute Gasteiger partial charge is 0.162 e. The number of morpholine rings is 1. The first-order chi connectivity index (χ1) is 11.9. The Hall–Kier alpha value is -2.86. The topological polar surface area (TPSA) is 64.0 Å². The van der Waals surface area contributed by atoms with Crippen molar-refractivity contribution >= 4 is 5.82 Å². The molecule has 3 aromatic rings. The molecule has 0 radical (unpaired) electrons. The van der Waals surface area contributed by atoms with E-state index in [0.717, 1.165) is 48.9 Å². The Bertz CT molecular complexity index is 746. The Morgan fingerprint density at radius 3 is 2.08 bits per heavy atom. The van der Waals surface area contributed by atoms with Gasteiger partial charge in [-0.2, -0.15) is 0 Å². The molecule has 4 rings (SSSR count). The third kappa shape index (κ3) is 3.09. The maximum Gasteiger partial charge on any atom is 0.162 e. The van der Waals surface area contributed by atoms with E-state index in [1.165, 1.54) is 0 Å². The molecular formula is C18H17N5O. The first kappa shape index (κ1) is 14.7. The van der Waals surface area contributed by atoms with Gasteiger partial charge >= 0.3 is 0 Å². The Kier molecular flexibility index (Phi) is 4.12. The lowest BCUT2D eigenvalue weighted by molar-refractivity contribution is 0.122. The first-order valence-electron chi connectivity index (χ1n) is 7.93. The molecule has 6 heteroatoms. The number of anilines is 1. The van der Waals surface area contributed by atoms with Gasteiger partial charge in [0.25, 0.3) is 0 Å². The molecule has 3 aromatic heterocycles. The molecule has 1 aliphatic heterocycles. The van der Waals surface area contributed by atoms with Crippen LogP contribution < -0.4 is 4.90 Å². The van der Waals surface area contributed by atoms with E-state index in [2.05, 4.69) is 14.9 Å². The molecule has 0 spiro atoms. The monoisotopic (exact) mass is 319 g/mol. The summed E-state index contributed by atoms with van der Waals surface area (Å²) in [7, 11) is 0. The van der Waals surface area contributed by atoms with Gasteiger partial charge in [0.05, 0.1) is 18.9 Å². The molecule has 0 amide bonds. The van der Waals surface area contributed by atoms with Crippen LogP contribution in [0.15, 0.2) is 55.1 Å². The van der Waals surface area contributed by atoms with Crippen LogP contribution in [0.2, 0.25) is 0 Å². The Balaban J connectivity index is 1.81. The summed E-state index contributed by atoms with van der Waals surface area (Å²) >= 11 is 0. The lowest BCUT2D eigenvalue weighted by Gasteiger charge is -2.28. The fourth-order valence-electron chi connectivity index (χ4n) is 2.69. The first-order valence-corrected chi connectivity index (χ1v) is 7.93. The van der Waals surface area contributed by atoms with Crippen molar-refractivity contribution in [2.45, 2.75) is 0 Å². The van der Waals surface area contributed by atoms with Gasteiger partial charge in [-0.1, -0.05) is 0 Å². The predicted octanol–water partition coefficient (Wildman–Crippen LogP) is 2.44. The van der Waals surface area contributed by atoms with E-state index in [4.69, 9.17) is 14.7 Å². The number of hydrogen-bond acceptors (Lipinski definition) is 6. The molecule has 1 aliphatic rings. The summed E-state index contributed by atoms with van der Waals surface area (Å²) in [4.78, 5) is 19.9. The maximum atomic E-state index is 5.45. The zero-order valence-corrected chi connectivity index (χ0v) is 13.2. The highest BCUT2D eigenvalue weighted by Crippen LogP contribution is 2.26. The summed E-state index contributed by atoms with van der Waals surface area (Å²) < 4.78 is 5.45. The summed E-state index contributed by atoms with van der Waals surface area (Å²) in [6, 6.07) is 9.80. The van der Waals surface area contributed by atoms with Gasteiger partial charge in [0.2, 0.25) is 0 Å². The standard InChI is InChI=1S/C18H17N5O/c1-5-19-6-2-14(1)16-13-17(23-9-11-24-12-10-23)22-18(21-16)15-3-7-20-8-4-15/h1-8,13H,9-12H2. The number of pyridine rings is 2. The Labute approximate surface area is 140 Å². The second-order valence-corrected chi connectivity index (χ2v) is 5.51. The molecule has 0 N–H and O–H groups in total. The molecule has 6 nitrogen and oxygen atoms in total. The van der Waals surface area contributed by atoms with Crippen molar-refractivity contribution in [3.05, 3.63) is 55.1 Å². The van der Waals surface area contributed by atoms with Gasteiger partial charge in [0.15, 0.2) is 5.82 Å². The lowest BCUT2D eigenvalue weighted by Crippen LogP contribution is -2.36. The number of ether oxygens (including phenoxy) is 1. The van der Waals surface area contributed by atoms with E-state index in [1.54, 1.807) is 24.8 Å². The number of hydrogen-bond donors (Lipinski definition) is 0. The van der Waals surface area contributed by atoms with Crippen LogP contribution in [0.25, 0.3) is 22.6 Å². The Morgan fingerprint density at radius 2 is 1.42 bits per heavy atom. The molecule has 24 heavy (non-hydrogen) atoms. The fourth-order valence-corrected chi connectivity index (χ4v) is 2.69. The molecule has 0 aliphatic carbocycles. The highest BCUT2D eigenvalue weighted by molar-refractivity contribution is 5.67. The lowest BCUT2D eigenvalue weighted by atomic mass is 10.1. The highest BCUT2D eigenvalue weighted by Gasteiger charge is 2.16. The minimum atomic E-state index is 0.702. The van der Waals surface area contributed by atoms with Crippen molar-refractivity contribution in [1.82, 2.24) is 19.9 Å². The zero-order chi connectivity index (χ0) is 16.2. The molecule has 0 atom stereocenters. The molecule has 0 saturated carbocycles. The highest BCUT2D eigenvalue weighted by atomic mass is 16.5. The Morgan fingerprint density at radius 1 is 0.792 bits per heavy atom. The average molecular weight is 319 g/mol. The average Bonchev–Trinajstić information content (AvgIpc) is 2.70. The van der Waals surface area contributed by atoms with Crippen molar-refractivity contribution in [2.24, 2.45) is 0 Å². The summed E-state index contributed by atoms with van der Waals surface area (Å²) in [5, 5.41) is 0. The van der Waals surface area contributed by atoms with Crippen molar-refractivity contribution < 1.29 is 4.74 Å². The van der Waals surface area contributed by atoms with Crippen molar-refractivity contribution in [1.29, 1.82) is 0 Å². The van der Waals surface area contributed by atoms with Crippen molar-refractivity contribution in [3.63, 3.8) is 0 Å². The number of rotatable bonds is 3. The summed E-state index contributed by atoms with van der Waals surface area (Å²) in [5.41, 5.74) is 2.87. The van der Waals surface area contributed by atoms with Crippen LogP contribution in [0.1, 0.15) is 0 Å². The van der Waals surface area contributed by atoms with E-state index in [-0.39, 0.29) is 0 Å². The predicted molar refractivity (Wildman–Crippen MR) is 91.5 cm³/mol. The summed E-state index contributed by atoms with van der Waals surface area (Å²) in [5.74, 6) is 1.63. The van der Waals surface area contributed by atoms with Gasteiger partial charge < -0.3 is 9.64 Å². The van der Waals surface area contributed by atoms with E-state index in [0.29, 0.717) is 5.82 Å². The van der Waals surface area contributed by atoms with Crippen molar-refractivity contribution in [3.8, 4) is 22.6 Å². The second kappa shape index (κ2) is 6.72. The fraction of sp³-hybridized carbons (Fsp3) is 0.222. The van der Waals surface area contributed by atoms with Crippen molar-refractivity contribution in [2.75, 3.05) is 31.2 Å². The largest absolute Gasteiger partial charge is 0.378 e. The number of nitrogens with zero attached hydrogens (tertiary/aromatic N) is 5. The van der Waals surface area contributed by atoms with Gasteiger partial charge in [-0.05, 0) is 24.3 Å². The van der Waals surface area contributed by atoms with E-state index in [1.807, 2.05) is 30.3 Å². The molecule has 4 heterocycles. The van der Waals surface area contributed by atoms with E-state index >= 15 is 0 Å². The molecule has 0 aromatic carbocycles. The number of aromatic nitrogens is 4. The molecule has 1 saturated heterocycles. The SMILES string of the molecule is c1cc(-c2cc(N3CCOCC3)nc(-c3ccncc3)n2)ccn1. The van der Waals surface area contributed by atoms with E-state index in [9.17, 15) is 0 Å². The summed E-state index contributed by atoms with van der Waals surface area (Å²) in [6.07, 6.45) is 7.06. The molecule has 0 unspecified atom stereocenters. The minimum Gasteiger partial charge on any atom is -0.378 e. The normalized spacial score (nSPS) is 14.6. The van der Waals surface area contributed by atoms with Gasteiger partial charge in [0.1, 0.15) is 5.82 Å². The van der Waals surface area contributed by atoms with Crippen LogP contribution in [0.3, 0.4) is 0 Å². The van der Waals surface area contributed by atoms with Gasteiger partial charge in [-0.3, -0.25) is 9.97 Å². The van der Waals surface area contributed by atoms with Crippen LogP contribution in [0, 0.1) is 0 Å². The molecule has 1 fully saturated rings. The third-order valence-corrected chi connectivity index (χ3v) is 3.96. The van der Waals surface area contributed by atoms with Gasteiger partial charge in [-0.25, -0.2) is 9.97 Å². The van der Waals surface area contributed by atoms with Gasteiger partial charge in [0, 0.05) is 55.1 Å². The maximum absolute atomic E-state index is 5.45. The third-order valence-electron chi connectivity index (χ3n) is 3.96. The summed E-state index contributed by atoms with van der Waals surface area (Å²) in [6.45, 7) is 3.11. The zero-order valence-electron chi connectivity index (χ0n) is 13.2. The van der Waals surface area contributed by atoms with Crippen LogP contribution >= 0.6 is 0 Å².